The van der Waals surface area contributed by atoms with E-state index in [1.807, 2.05) is 13.8 Å². The van der Waals surface area contributed by atoms with Crippen molar-refractivity contribution in [1.29, 1.82) is 0 Å². The first-order valence-electron chi connectivity index (χ1n) is 8.35. The molecule has 0 unspecified atom stereocenters. The van der Waals surface area contributed by atoms with Crippen molar-refractivity contribution in [1.82, 2.24) is 0 Å². The van der Waals surface area contributed by atoms with Gasteiger partial charge in [0.05, 0.1) is 6.61 Å². The molecule has 0 saturated carbocycles. The highest BCUT2D eigenvalue weighted by Gasteiger charge is 2.17. The van der Waals surface area contributed by atoms with Crippen LogP contribution in [0.2, 0.25) is 0 Å². The second-order valence-electron chi connectivity index (χ2n) is 6.27. The van der Waals surface area contributed by atoms with E-state index in [-0.39, 0.29) is 17.6 Å². The molecule has 0 bridgehead atoms. The summed E-state index contributed by atoms with van der Waals surface area (Å²) in [6, 6.07) is 11.9. The highest BCUT2D eigenvalue weighted by Crippen LogP contribution is 2.16. The molecule has 0 heterocycles. The van der Waals surface area contributed by atoms with Gasteiger partial charge in [0, 0.05) is 11.3 Å². The van der Waals surface area contributed by atoms with E-state index >= 15 is 0 Å². The van der Waals surface area contributed by atoms with E-state index < -0.39 is 12.1 Å². The highest BCUT2D eigenvalue weighted by atomic mass is 19.1. The van der Waals surface area contributed by atoms with Gasteiger partial charge in [-0.15, -0.1) is 0 Å². The minimum atomic E-state index is -0.743. The zero-order chi connectivity index (χ0) is 19.1. The van der Waals surface area contributed by atoms with Gasteiger partial charge in [0.25, 0.3) is 5.91 Å². The first-order chi connectivity index (χ1) is 12.3. The summed E-state index contributed by atoms with van der Waals surface area (Å²) in [7, 11) is 0. The maximum absolute atomic E-state index is 12.9. The van der Waals surface area contributed by atoms with E-state index in [0.717, 1.165) is 0 Å². The molecule has 0 spiro atoms. The van der Waals surface area contributed by atoms with Crippen molar-refractivity contribution in [3.05, 3.63) is 59.9 Å². The zero-order valence-corrected chi connectivity index (χ0v) is 15.0. The summed E-state index contributed by atoms with van der Waals surface area (Å²) in [5.74, 6) is -0.419. The lowest BCUT2D eigenvalue weighted by Crippen LogP contribution is -2.27. The quantitative estimate of drug-likeness (QED) is 0.758. The van der Waals surface area contributed by atoms with Gasteiger partial charge in [0.1, 0.15) is 11.6 Å². The Labute approximate surface area is 152 Å². The van der Waals surface area contributed by atoms with Crippen molar-refractivity contribution in [2.75, 3.05) is 11.9 Å². The van der Waals surface area contributed by atoms with Gasteiger partial charge in [-0.3, -0.25) is 4.79 Å². The van der Waals surface area contributed by atoms with Gasteiger partial charge in [-0.1, -0.05) is 13.8 Å². The second kappa shape index (κ2) is 8.99. The number of benzene rings is 2. The molecule has 2 rings (SSSR count). The normalized spacial score (nSPS) is 11.7. The molecular formula is C20H22FNO4. The molecule has 2 aromatic carbocycles. The van der Waals surface area contributed by atoms with Crippen LogP contribution in [0.15, 0.2) is 48.5 Å². The van der Waals surface area contributed by atoms with Crippen molar-refractivity contribution >= 4 is 17.6 Å². The lowest BCUT2D eigenvalue weighted by atomic mass is 10.2. The molecule has 0 aliphatic carbocycles. The number of halogens is 1. The van der Waals surface area contributed by atoms with Crippen LogP contribution in [0.25, 0.3) is 0 Å². The van der Waals surface area contributed by atoms with Gasteiger partial charge in [0.2, 0.25) is 0 Å². The monoisotopic (exact) mass is 359 g/mol. The lowest BCUT2D eigenvalue weighted by Gasteiger charge is -2.15. The van der Waals surface area contributed by atoms with Crippen LogP contribution in [0.1, 0.15) is 31.1 Å². The molecule has 0 saturated heterocycles. The molecule has 1 N–H and O–H groups in total. The molecule has 0 aromatic heterocycles. The summed E-state index contributed by atoms with van der Waals surface area (Å²) in [5, 5.41) is 2.67. The predicted octanol–water partition coefficient (Wildman–Crippen LogP) is 4.04. The summed E-state index contributed by atoms with van der Waals surface area (Å²) in [5.41, 5.74) is 0.912. The summed E-state index contributed by atoms with van der Waals surface area (Å²) in [6.45, 7) is 5.86. The third-order valence-electron chi connectivity index (χ3n) is 3.42. The molecule has 1 atom stereocenters. The van der Waals surface area contributed by atoms with Gasteiger partial charge in [-0.2, -0.15) is 0 Å². The number of ether oxygens (including phenoxy) is 2. The Hall–Kier alpha value is -2.89. The van der Waals surface area contributed by atoms with Crippen molar-refractivity contribution in [3.8, 4) is 5.75 Å². The first kappa shape index (κ1) is 19.4. The lowest BCUT2D eigenvalue weighted by molar-refractivity contribution is -0.152. The van der Waals surface area contributed by atoms with E-state index in [0.29, 0.717) is 23.6 Å². The largest absolute Gasteiger partial charge is 0.479 e. The minimum absolute atomic E-state index is 0.255. The zero-order valence-electron chi connectivity index (χ0n) is 15.0. The molecule has 1 amide bonds. The van der Waals surface area contributed by atoms with Crippen LogP contribution in [0.4, 0.5) is 10.1 Å². The fourth-order valence-corrected chi connectivity index (χ4v) is 2.04. The van der Waals surface area contributed by atoms with E-state index in [1.165, 1.54) is 24.3 Å². The number of hydrogen-bond donors (Lipinski definition) is 1. The van der Waals surface area contributed by atoms with Crippen LogP contribution < -0.4 is 10.1 Å². The van der Waals surface area contributed by atoms with Gasteiger partial charge < -0.3 is 14.8 Å². The van der Waals surface area contributed by atoms with E-state index in [4.69, 9.17) is 9.47 Å². The fourth-order valence-electron chi connectivity index (χ4n) is 2.04. The summed E-state index contributed by atoms with van der Waals surface area (Å²) < 4.78 is 23.5. The Balaban J connectivity index is 1.91. The fraction of sp³-hybridized carbons (Fsp3) is 0.300. The Morgan fingerprint density at radius 2 is 1.62 bits per heavy atom. The maximum atomic E-state index is 12.9. The van der Waals surface area contributed by atoms with Crippen molar-refractivity contribution < 1.29 is 23.5 Å². The average Bonchev–Trinajstić information content (AvgIpc) is 2.62. The van der Waals surface area contributed by atoms with Crippen LogP contribution in [0.3, 0.4) is 0 Å². The molecule has 0 aliphatic heterocycles. The van der Waals surface area contributed by atoms with Gasteiger partial charge in [0.15, 0.2) is 6.10 Å². The smallest absolute Gasteiger partial charge is 0.347 e. The van der Waals surface area contributed by atoms with E-state index in [1.54, 1.807) is 31.2 Å². The number of anilines is 1. The Kier molecular flexibility index (Phi) is 6.72. The Bertz CT molecular complexity index is 741. The molecular weight excluding hydrogens is 337 g/mol. The van der Waals surface area contributed by atoms with Crippen LogP contribution in [-0.2, 0) is 9.53 Å². The Morgan fingerprint density at radius 3 is 2.19 bits per heavy atom. The second-order valence-corrected chi connectivity index (χ2v) is 6.27. The minimum Gasteiger partial charge on any atom is -0.479 e. The number of hydrogen-bond acceptors (Lipinski definition) is 4. The molecule has 0 aliphatic rings. The highest BCUT2D eigenvalue weighted by molar-refractivity contribution is 6.04. The molecule has 26 heavy (non-hydrogen) atoms. The average molecular weight is 359 g/mol. The van der Waals surface area contributed by atoms with E-state index in [9.17, 15) is 14.0 Å². The van der Waals surface area contributed by atoms with Gasteiger partial charge in [-0.25, -0.2) is 9.18 Å². The number of rotatable bonds is 7. The van der Waals surface area contributed by atoms with Crippen LogP contribution in [0, 0.1) is 11.7 Å². The SMILES string of the molecule is CC(C)COC(=O)[C@@H](C)Oc1ccc(C(=O)Nc2ccc(F)cc2)cc1. The summed E-state index contributed by atoms with van der Waals surface area (Å²) in [6.07, 6.45) is -0.743. The summed E-state index contributed by atoms with van der Waals surface area (Å²) in [4.78, 5) is 24.0. The number of amides is 1. The molecule has 0 radical (unpaired) electrons. The van der Waals surface area contributed by atoms with Crippen LogP contribution >= 0.6 is 0 Å². The molecule has 2 aromatic rings. The maximum Gasteiger partial charge on any atom is 0.347 e. The third kappa shape index (κ3) is 5.88. The topological polar surface area (TPSA) is 64.6 Å². The van der Waals surface area contributed by atoms with Crippen molar-refractivity contribution in [2.45, 2.75) is 26.9 Å². The van der Waals surface area contributed by atoms with Crippen LogP contribution in [0.5, 0.6) is 5.75 Å². The molecule has 138 valence electrons. The number of esters is 1. The predicted molar refractivity (Wildman–Crippen MR) is 96.7 cm³/mol. The Morgan fingerprint density at radius 1 is 1.00 bits per heavy atom. The number of nitrogens with one attached hydrogen (secondary N) is 1. The summed E-state index contributed by atoms with van der Waals surface area (Å²) >= 11 is 0. The standard InChI is InChI=1S/C20H22FNO4/c1-13(2)12-25-20(24)14(3)26-18-10-4-15(5-11-18)19(23)22-17-8-6-16(21)7-9-17/h4-11,13-14H,12H2,1-3H3,(H,22,23)/t14-/m1/s1. The first-order valence-corrected chi connectivity index (χ1v) is 8.35. The van der Waals surface area contributed by atoms with E-state index in [2.05, 4.69) is 5.32 Å². The number of carbonyl (C=O) groups is 2. The van der Waals surface area contributed by atoms with Crippen molar-refractivity contribution in [3.63, 3.8) is 0 Å². The molecule has 0 fully saturated rings. The van der Waals surface area contributed by atoms with Gasteiger partial charge >= 0.3 is 5.97 Å². The molecule has 6 heteroatoms. The number of carbonyl (C=O) groups excluding carboxylic acids is 2. The molecule has 5 nitrogen and oxygen atoms in total. The van der Waals surface area contributed by atoms with Crippen LogP contribution in [-0.4, -0.2) is 24.6 Å². The van der Waals surface area contributed by atoms with Gasteiger partial charge in [-0.05, 0) is 61.4 Å². The van der Waals surface area contributed by atoms with Crippen molar-refractivity contribution in [2.24, 2.45) is 5.92 Å². The third-order valence-corrected chi connectivity index (χ3v) is 3.42.